The molecular weight excluding hydrogens is 396 g/mol. The van der Waals surface area contributed by atoms with Gasteiger partial charge in [-0.15, -0.1) is 0 Å². The zero-order valence-corrected chi connectivity index (χ0v) is 17.8. The SMILES string of the molecule is Cc1cc2[nH]c(=O)c3cnn(C4CCOCC4)c3c2cc1C(=O)N1CCC(CO)CC1. The summed E-state index contributed by atoms with van der Waals surface area (Å²) in [5.41, 5.74) is 2.85. The second kappa shape index (κ2) is 8.09. The average molecular weight is 425 g/mol. The number of aromatic amines is 1. The van der Waals surface area contributed by atoms with Crippen molar-refractivity contribution in [3.8, 4) is 0 Å². The molecule has 0 unspecified atom stereocenters. The highest BCUT2D eigenvalue weighted by Gasteiger charge is 2.26. The van der Waals surface area contributed by atoms with Crippen LogP contribution in [0, 0.1) is 12.8 Å². The summed E-state index contributed by atoms with van der Waals surface area (Å²) in [6.45, 7) is 4.76. The topological polar surface area (TPSA) is 100 Å². The summed E-state index contributed by atoms with van der Waals surface area (Å²) in [6, 6.07) is 3.99. The molecule has 3 aromatic rings. The number of benzene rings is 1. The van der Waals surface area contributed by atoms with E-state index in [1.165, 1.54) is 0 Å². The van der Waals surface area contributed by atoms with Crippen LogP contribution < -0.4 is 5.56 Å². The first-order valence-electron chi connectivity index (χ1n) is 11.1. The molecule has 31 heavy (non-hydrogen) atoms. The van der Waals surface area contributed by atoms with Gasteiger partial charge in [0.05, 0.1) is 28.7 Å². The van der Waals surface area contributed by atoms with Gasteiger partial charge in [0.25, 0.3) is 11.5 Å². The van der Waals surface area contributed by atoms with E-state index in [4.69, 9.17) is 4.74 Å². The number of likely N-dealkylation sites (tertiary alicyclic amines) is 1. The van der Waals surface area contributed by atoms with Crippen LogP contribution in [-0.4, -0.2) is 63.6 Å². The Hall–Kier alpha value is -2.71. The second-order valence-electron chi connectivity index (χ2n) is 8.78. The van der Waals surface area contributed by atoms with Gasteiger partial charge in [0, 0.05) is 43.9 Å². The Balaban J connectivity index is 1.61. The van der Waals surface area contributed by atoms with Crippen LogP contribution in [0.5, 0.6) is 0 Å². The lowest BCUT2D eigenvalue weighted by Gasteiger charge is -2.31. The van der Waals surface area contributed by atoms with E-state index >= 15 is 0 Å². The van der Waals surface area contributed by atoms with Gasteiger partial charge in [-0.1, -0.05) is 0 Å². The number of nitrogens with one attached hydrogen (secondary N) is 1. The Kier molecular flexibility index (Phi) is 5.27. The Morgan fingerprint density at radius 1 is 1.19 bits per heavy atom. The van der Waals surface area contributed by atoms with Crippen molar-refractivity contribution in [2.24, 2.45) is 5.92 Å². The normalized spacial score (nSPS) is 18.8. The van der Waals surface area contributed by atoms with Gasteiger partial charge in [-0.25, -0.2) is 0 Å². The standard InChI is InChI=1S/C23H28N4O4/c1-14-10-20-18(11-17(14)23(30)26-6-2-15(13-28)3-7-26)21-19(22(29)25-20)12-24-27(21)16-4-8-31-9-5-16/h10-12,15-16,28H,2-9,13H2,1H3,(H,25,29). The molecule has 2 aromatic heterocycles. The number of nitrogens with zero attached hydrogens (tertiary/aromatic N) is 3. The Morgan fingerprint density at radius 3 is 2.65 bits per heavy atom. The first-order valence-corrected chi connectivity index (χ1v) is 11.1. The van der Waals surface area contributed by atoms with Crippen molar-refractivity contribution < 1.29 is 14.6 Å². The highest BCUT2D eigenvalue weighted by atomic mass is 16.5. The molecule has 0 atom stereocenters. The molecule has 164 valence electrons. The van der Waals surface area contributed by atoms with Gasteiger partial charge in [0.2, 0.25) is 0 Å². The maximum absolute atomic E-state index is 13.3. The molecule has 2 N–H and O–H groups in total. The quantitative estimate of drug-likeness (QED) is 0.672. The lowest BCUT2D eigenvalue weighted by atomic mass is 9.96. The number of rotatable bonds is 3. The third-order valence-corrected chi connectivity index (χ3v) is 6.83. The molecule has 0 aliphatic carbocycles. The number of aliphatic hydroxyl groups is 1. The maximum atomic E-state index is 13.3. The van der Waals surface area contributed by atoms with Gasteiger partial charge in [0.1, 0.15) is 0 Å². The van der Waals surface area contributed by atoms with E-state index in [1.54, 1.807) is 6.20 Å². The number of amides is 1. The summed E-state index contributed by atoms with van der Waals surface area (Å²) in [4.78, 5) is 30.9. The first-order chi connectivity index (χ1) is 15.1. The van der Waals surface area contributed by atoms with Gasteiger partial charge in [-0.3, -0.25) is 14.3 Å². The summed E-state index contributed by atoms with van der Waals surface area (Å²) in [5, 5.41) is 15.3. The highest BCUT2D eigenvalue weighted by molar-refractivity contribution is 6.07. The molecule has 5 rings (SSSR count). The number of hydrogen-bond donors (Lipinski definition) is 2. The van der Waals surface area contributed by atoms with E-state index in [1.807, 2.05) is 28.6 Å². The van der Waals surface area contributed by atoms with Crippen LogP contribution in [0.1, 0.15) is 47.6 Å². The molecule has 1 aromatic carbocycles. The smallest absolute Gasteiger partial charge is 0.259 e. The van der Waals surface area contributed by atoms with Gasteiger partial charge >= 0.3 is 0 Å². The highest BCUT2D eigenvalue weighted by Crippen LogP contribution is 2.30. The molecule has 8 nitrogen and oxygen atoms in total. The monoisotopic (exact) mass is 424 g/mol. The fourth-order valence-electron chi connectivity index (χ4n) is 4.92. The molecule has 8 heteroatoms. The van der Waals surface area contributed by atoms with Gasteiger partial charge in [-0.2, -0.15) is 5.10 Å². The van der Waals surface area contributed by atoms with Crippen LogP contribution in [0.15, 0.2) is 23.1 Å². The Labute approximate surface area is 179 Å². The van der Waals surface area contributed by atoms with E-state index in [0.717, 1.165) is 47.7 Å². The molecule has 2 aliphatic rings. The molecule has 2 saturated heterocycles. The lowest BCUT2D eigenvalue weighted by molar-refractivity contribution is 0.0650. The number of aliphatic hydroxyl groups excluding tert-OH is 1. The van der Waals surface area contributed by atoms with Crippen LogP contribution in [0.4, 0.5) is 0 Å². The average Bonchev–Trinajstić information content (AvgIpc) is 3.25. The predicted octanol–water partition coefficient (Wildman–Crippen LogP) is 2.38. The zero-order chi connectivity index (χ0) is 21.5. The number of ether oxygens (including phenoxy) is 1. The Morgan fingerprint density at radius 2 is 1.94 bits per heavy atom. The number of H-pyrrole nitrogens is 1. The molecule has 0 spiro atoms. The molecular formula is C23H28N4O4. The van der Waals surface area contributed by atoms with Crippen LogP contribution in [-0.2, 0) is 4.74 Å². The number of aryl methyl sites for hydroxylation is 1. The van der Waals surface area contributed by atoms with Crippen molar-refractivity contribution in [1.29, 1.82) is 0 Å². The fraction of sp³-hybridized carbons (Fsp3) is 0.522. The molecule has 0 radical (unpaired) electrons. The third-order valence-electron chi connectivity index (χ3n) is 6.83. The van der Waals surface area contributed by atoms with Crippen molar-refractivity contribution in [3.63, 3.8) is 0 Å². The largest absolute Gasteiger partial charge is 0.396 e. The number of carbonyl (C=O) groups excluding carboxylic acids is 1. The van der Waals surface area contributed by atoms with Crippen molar-refractivity contribution in [3.05, 3.63) is 39.8 Å². The van der Waals surface area contributed by atoms with Gasteiger partial charge < -0.3 is 19.7 Å². The van der Waals surface area contributed by atoms with Crippen LogP contribution in [0.25, 0.3) is 21.8 Å². The van der Waals surface area contributed by atoms with E-state index in [2.05, 4.69) is 10.1 Å². The predicted molar refractivity (Wildman–Crippen MR) is 117 cm³/mol. The minimum atomic E-state index is -0.162. The van der Waals surface area contributed by atoms with Crippen molar-refractivity contribution in [2.45, 2.75) is 38.6 Å². The molecule has 2 fully saturated rings. The number of piperidine rings is 1. The molecule has 0 saturated carbocycles. The summed E-state index contributed by atoms with van der Waals surface area (Å²) in [6.07, 6.45) is 4.97. The molecule has 1 amide bonds. The second-order valence-corrected chi connectivity index (χ2v) is 8.78. The summed E-state index contributed by atoms with van der Waals surface area (Å²) in [5.74, 6) is 0.285. The van der Waals surface area contributed by atoms with E-state index in [0.29, 0.717) is 37.3 Å². The summed E-state index contributed by atoms with van der Waals surface area (Å²) >= 11 is 0. The number of fused-ring (bicyclic) bond motifs is 3. The Bertz CT molecular complexity index is 1180. The van der Waals surface area contributed by atoms with Crippen LogP contribution in [0.2, 0.25) is 0 Å². The van der Waals surface area contributed by atoms with Gasteiger partial charge in [0.15, 0.2) is 0 Å². The van der Waals surface area contributed by atoms with Crippen molar-refractivity contribution in [2.75, 3.05) is 32.9 Å². The lowest BCUT2D eigenvalue weighted by Crippen LogP contribution is -2.39. The summed E-state index contributed by atoms with van der Waals surface area (Å²) < 4.78 is 7.45. The van der Waals surface area contributed by atoms with Crippen molar-refractivity contribution in [1.82, 2.24) is 19.7 Å². The zero-order valence-electron chi connectivity index (χ0n) is 17.8. The van der Waals surface area contributed by atoms with Crippen LogP contribution >= 0.6 is 0 Å². The van der Waals surface area contributed by atoms with E-state index in [9.17, 15) is 14.7 Å². The minimum absolute atomic E-state index is 0.00673. The molecule has 0 bridgehead atoms. The minimum Gasteiger partial charge on any atom is -0.396 e. The van der Waals surface area contributed by atoms with Crippen molar-refractivity contribution >= 4 is 27.7 Å². The number of pyridine rings is 1. The van der Waals surface area contributed by atoms with E-state index < -0.39 is 0 Å². The maximum Gasteiger partial charge on any atom is 0.259 e. The third kappa shape index (κ3) is 3.53. The number of carbonyl (C=O) groups is 1. The first kappa shape index (κ1) is 20.2. The van der Waals surface area contributed by atoms with Gasteiger partial charge in [-0.05, 0) is 56.2 Å². The number of aromatic nitrogens is 3. The van der Waals surface area contributed by atoms with Crippen LogP contribution in [0.3, 0.4) is 0 Å². The molecule has 4 heterocycles. The molecule has 2 aliphatic heterocycles. The van der Waals surface area contributed by atoms with E-state index in [-0.39, 0.29) is 30.0 Å². The number of hydrogen-bond acceptors (Lipinski definition) is 5. The summed E-state index contributed by atoms with van der Waals surface area (Å²) in [7, 11) is 0. The fourth-order valence-corrected chi connectivity index (χ4v) is 4.92.